The fraction of sp³-hybridized carbons (Fsp3) is 0.481. The maximum Gasteiger partial charge on any atom is 0.322 e. The van der Waals surface area contributed by atoms with E-state index in [2.05, 4.69) is 90.0 Å². The highest BCUT2D eigenvalue weighted by Crippen LogP contribution is 2.36. The summed E-state index contributed by atoms with van der Waals surface area (Å²) in [4.78, 5) is 27.4. The number of piperidine rings is 1. The summed E-state index contributed by atoms with van der Waals surface area (Å²) in [5, 5.41) is 5.54. The van der Waals surface area contributed by atoms with E-state index in [9.17, 15) is 9.59 Å². The molecule has 2 N–H and O–H groups in total. The van der Waals surface area contributed by atoms with Crippen LogP contribution in [-0.2, 0) is 4.79 Å². The van der Waals surface area contributed by atoms with Crippen LogP contribution in [0, 0.1) is 11.8 Å². The van der Waals surface area contributed by atoms with Crippen molar-refractivity contribution in [3.05, 3.63) is 71.8 Å². The lowest BCUT2D eigenvalue weighted by molar-refractivity contribution is -0.127. The molecule has 0 aromatic heterocycles. The summed E-state index contributed by atoms with van der Waals surface area (Å²) in [5.74, 6) is 0.858. The standard InChI is InChI=1S/C27H35N3O2/c1-20(2)13-16-27(25(31)28-26(32)29-27)23-14-17-30(18-15-23)19-24(21-9-5-3-6-10-21)22-11-7-4-8-12-22/h3-12,20,23-24H,13-19H2,1-2H3,(H2,28,29,31,32). The molecule has 2 heterocycles. The second-order valence-electron chi connectivity index (χ2n) is 9.76. The monoisotopic (exact) mass is 433 g/mol. The van der Waals surface area contributed by atoms with Gasteiger partial charge in [-0.05, 0) is 61.7 Å². The highest BCUT2D eigenvalue weighted by atomic mass is 16.2. The third-order valence-corrected chi connectivity index (χ3v) is 7.21. The van der Waals surface area contributed by atoms with Crippen LogP contribution in [0.2, 0.25) is 0 Å². The second-order valence-corrected chi connectivity index (χ2v) is 9.76. The molecule has 32 heavy (non-hydrogen) atoms. The summed E-state index contributed by atoms with van der Waals surface area (Å²) in [6.07, 6.45) is 3.48. The van der Waals surface area contributed by atoms with E-state index in [4.69, 9.17) is 0 Å². The van der Waals surface area contributed by atoms with Gasteiger partial charge in [-0.3, -0.25) is 10.1 Å². The van der Waals surface area contributed by atoms with Crippen LogP contribution in [0.5, 0.6) is 0 Å². The molecule has 2 saturated heterocycles. The summed E-state index contributed by atoms with van der Waals surface area (Å²) < 4.78 is 0. The number of benzene rings is 2. The topological polar surface area (TPSA) is 61.4 Å². The number of amides is 3. The van der Waals surface area contributed by atoms with Crippen molar-refractivity contribution >= 4 is 11.9 Å². The van der Waals surface area contributed by atoms with E-state index in [1.807, 2.05) is 0 Å². The Kier molecular flexibility index (Phi) is 6.95. The van der Waals surface area contributed by atoms with E-state index >= 15 is 0 Å². The molecular weight excluding hydrogens is 398 g/mol. The third-order valence-electron chi connectivity index (χ3n) is 7.21. The lowest BCUT2D eigenvalue weighted by atomic mass is 9.74. The molecule has 1 unspecified atom stereocenters. The molecule has 5 heteroatoms. The molecule has 170 valence electrons. The summed E-state index contributed by atoms with van der Waals surface area (Å²) in [5.41, 5.74) is 1.92. The number of carbonyl (C=O) groups excluding carboxylic acids is 2. The molecule has 0 saturated carbocycles. The van der Waals surface area contributed by atoms with Crippen molar-refractivity contribution in [3.8, 4) is 0 Å². The summed E-state index contributed by atoms with van der Waals surface area (Å²) in [6.45, 7) is 7.16. The molecule has 2 aliphatic rings. The van der Waals surface area contributed by atoms with Crippen molar-refractivity contribution in [2.75, 3.05) is 19.6 Å². The van der Waals surface area contributed by atoms with Gasteiger partial charge in [-0.25, -0.2) is 4.79 Å². The van der Waals surface area contributed by atoms with Gasteiger partial charge in [0, 0.05) is 12.5 Å². The molecule has 2 fully saturated rings. The first-order chi connectivity index (χ1) is 15.5. The van der Waals surface area contributed by atoms with Gasteiger partial charge in [-0.2, -0.15) is 0 Å². The van der Waals surface area contributed by atoms with Crippen LogP contribution < -0.4 is 10.6 Å². The SMILES string of the molecule is CC(C)CCC1(C2CCN(CC(c3ccccc3)c3ccccc3)CC2)NC(=O)NC1=O. The Morgan fingerprint density at radius 3 is 1.97 bits per heavy atom. The minimum absolute atomic E-state index is 0.131. The number of hydrogen-bond donors (Lipinski definition) is 2. The van der Waals surface area contributed by atoms with Gasteiger partial charge in [0.05, 0.1) is 0 Å². The van der Waals surface area contributed by atoms with Crippen LogP contribution >= 0.6 is 0 Å². The van der Waals surface area contributed by atoms with Crippen molar-refractivity contribution in [2.45, 2.75) is 51.0 Å². The summed E-state index contributed by atoms with van der Waals surface area (Å²) in [6, 6.07) is 21.1. The van der Waals surface area contributed by atoms with E-state index in [0.29, 0.717) is 18.3 Å². The molecule has 2 aromatic rings. The van der Waals surface area contributed by atoms with Gasteiger partial charge in [-0.1, -0.05) is 74.5 Å². The Bertz CT molecular complexity index is 868. The molecular formula is C27H35N3O2. The lowest BCUT2D eigenvalue weighted by Crippen LogP contribution is -2.56. The molecule has 2 aliphatic heterocycles. The zero-order valence-electron chi connectivity index (χ0n) is 19.2. The first-order valence-electron chi connectivity index (χ1n) is 11.9. The molecule has 0 aliphatic carbocycles. The van der Waals surface area contributed by atoms with Crippen LogP contribution in [0.3, 0.4) is 0 Å². The first-order valence-corrected chi connectivity index (χ1v) is 11.9. The minimum Gasteiger partial charge on any atom is -0.323 e. The molecule has 3 amide bonds. The summed E-state index contributed by atoms with van der Waals surface area (Å²) in [7, 11) is 0. The number of urea groups is 1. The maximum atomic E-state index is 12.8. The van der Waals surface area contributed by atoms with Gasteiger partial charge in [0.2, 0.25) is 0 Å². The highest BCUT2D eigenvalue weighted by molar-refractivity contribution is 6.07. The fourth-order valence-electron chi connectivity index (χ4n) is 5.33. The average molecular weight is 434 g/mol. The Labute approximate surface area is 191 Å². The van der Waals surface area contributed by atoms with Gasteiger partial charge in [0.15, 0.2) is 0 Å². The predicted molar refractivity (Wildman–Crippen MR) is 127 cm³/mol. The van der Waals surface area contributed by atoms with Gasteiger partial charge < -0.3 is 10.2 Å². The first kappa shape index (κ1) is 22.5. The lowest BCUT2D eigenvalue weighted by Gasteiger charge is -2.41. The highest BCUT2D eigenvalue weighted by Gasteiger charge is 2.51. The van der Waals surface area contributed by atoms with Crippen molar-refractivity contribution in [2.24, 2.45) is 11.8 Å². The molecule has 2 aromatic carbocycles. The van der Waals surface area contributed by atoms with E-state index in [1.54, 1.807) is 0 Å². The van der Waals surface area contributed by atoms with Crippen molar-refractivity contribution in [3.63, 3.8) is 0 Å². The average Bonchev–Trinajstić information content (AvgIpc) is 3.11. The van der Waals surface area contributed by atoms with Gasteiger partial charge >= 0.3 is 6.03 Å². The molecule has 5 nitrogen and oxygen atoms in total. The Hall–Kier alpha value is -2.66. The zero-order chi connectivity index (χ0) is 22.6. The van der Waals surface area contributed by atoms with Crippen molar-refractivity contribution in [1.29, 1.82) is 0 Å². The van der Waals surface area contributed by atoms with Crippen LogP contribution in [0.4, 0.5) is 4.79 Å². The number of rotatable bonds is 8. The minimum atomic E-state index is -0.744. The molecule has 0 bridgehead atoms. The van der Waals surface area contributed by atoms with Crippen LogP contribution in [0.25, 0.3) is 0 Å². The molecule has 4 rings (SSSR count). The van der Waals surface area contributed by atoms with Gasteiger partial charge in [0.25, 0.3) is 5.91 Å². The van der Waals surface area contributed by atoms with Crippen LogP contribution in [-0.4, -0.2) is 42.0 Å². The number of nitrogens with one attached hydrogen (secondary N) is 2. The quantitative estimate of drug-likeness (QED) is 0.601. The number of likely N-dealkylation sites (tertiary alicyclic amines) is 1. The molecule has 1 atom stereocenters. The van der Waals surface area contributed by atoms with Gasteiger partial charge in [0.1, 0.15) is 5.54 Å². The second kappa shape index (κ2) is 9.86. The van der Waals surface area contributed by atoms with Gasteiger partial charge in [-0.15, -0.1) is 0 Å². The van der Waals surface area contributed by atoms with Crippen LogP contribution in [0.15, 0.2) is 60.7 Å². The molecule has 0 radical (unpaired) electrons. The van der Waals surface area contributed by atoms with Crippen LogP contribution in [0.1, 0.15) is 56.6 Å². The Balaban J connectivity index is 1.46. The third kappa shape index (κ3) is 4.88. The normalized spacial score (nSPS) is 22.4. The van der Waals surface area contributed by atoms with Crippen molar-refractivity contribution in [1.82, 2.24) is 15.5 Å². The Morgan fingerprint density at radius 2 is 1.50 bits per heavy atom. The fourth-order valence-corrected chi connectivity index (χ4v) is 5.33. The summed E-state index contributed by atoms with van der Waals surface area (Å²) >= 11 is 0. The number of hydrogen-bond acceptors (Lipinski definition) is 3. The predicted octanol–water partition coefficient (Wildman–Crippen LogP) is 4.54. The number of nitrogens with zero attached hydrogens (tertiary/aromatic N) is 1. The van der Waals surface area contributed by atoms with E-state index < -0.39 is 5.54 Å². The van der Waals surface area contributed by atoms with E-state index in [-0.39, 0.29) is 17.9 Å². The molecule has 0 spiro atoms. The largest absolute Gasteiger partial charge is 0.323 e. The number of carbonyl (C=O) groups is 2. The van der Waals surface area contributed by atoms with E-state index in [0.717, 1.165) is 38.9 Å². The zero-order valence-corrected chi connectivity index (χ0v) is 19.2. The Morgan fingerprint density at radius 1 is 0.938 bits per heavy atom. The van der Waals surface area contributed by atoms with Crippen molar-refractivity contribution < 1.29 is 9.59 Å². The maximum absolute atomic E-state index is 12.8. The van der Waals surface area contributed by atoms with E-state index in [1.165, 1.54) is 11.1 Å². The smallest absolute Gasteiger partial charge is 0.322 e. The number of imide groups is 1.